The van der Waals surface area contributed by atoms with Gasteiger partial charge in [-0.15, -0.1) is 0 Å². The van der Waals surface area contributed by atoms with E-state index in [0.717, 1.165) is 0 Å². The lowest BCUT2D eigenvalue weighted by Gasteiger charge is -2.31. The number of fused-ring (bicyclic) bond motifs is 1. The molecule has 5 N–H and O–H groups in total. The number of ether oxygens (including phenoxy) is 1. The Bertz CT molecular complexity index is 698. The quantitative estimate of drug-likeness (QED) is 0.517. The Morgan fingerprint density at radius 2 is 1.61 bits per heavy atom. The highest BCUT2D eigenvalue weighted by Crippen LogP contribution is 2.42. The standard InChI is InChI=1S/C15H14O6.C2H6/c16-8-4-11(18)9-6-13(20)15(21-14(9)5-8)7-1-2-10(17)12(19)3-7;1-2/h1-5,13,15-20H,6H2;1-2H3. The molecule has 2 atom stereocenters. The molecule has 0 radical (unpaired) electrons. The maximum absolute atomic E-state index is 10.2. The van der Waals surface area contributed by atoms with E-state index in [1.54, 1.807) is 0 Å². The van der Waals surface area contributed by atoms with Gasteiger partial charge in [0.2, 0.25) is 0 Å². The highest BCUT2D eigenvalue weighted by molar-refractivity contribution is 5.52. The largest absolute Gasteiger partial charge is 0.508 e. The Hall–Kier alpha value is -2.60. The molecule has 1 aliphatic heterocycles. The van der Waals surface area contributed by atoms with Crippen molar-refractivity contribution in [3.05, 3.63) is 41.5 Å². The van der Waals surface area contributed by atoms with Gasteiger partial charge in [0.1, 0.15) is 23.4 Å². The molecule has 0 aliphatic carbocycles. The van der Waals surface area contributed by atoms with Crippen molar-refractivity contribution >= 4 is 0 Å². The summed E-state index contributed by atoms with van der Waals surface area (Å²) in [6, 6.07) is 6.67. The molecular formula is C17H20O6. The van der Waals surface area contributed by atoms with Gasteiger partial charge in [-0.3, -0.25) is 0 Å². The van der Waals surface area contributed by atoms with Crippen LogP contribution in [-0.2, 0) is 6.42 Å². The summed E-state index contributed by atoms with van der Waals surface area (Å²) in [5.41, 5.74) is 0.894. The minimum Gasteiger partial charge on any atom is -0.508 e. The average Bonchev–Trinajstić information content (AvgIpc) is 2.52. The van der Waals surface area contributed by atoms with Crippen LogP contribution in [0.2, 0.25) is 0 Å². The molecule has 1 aliphatic rings. The summed E-state index contributed by atoms with van der Waals surface area (Å²) >= 11 is 0. The summed E-state index contributed by atoms with van der Waals surface area (Å²) in [5, 5.41) is 48.3. The lowest BCUT2D eigenvalue weighted by atomic mass is 9.94. The monoisotopic (exact) mass is 320 g/mol. The second-order valence-corrected chi connectivity index (χ2v) is 5.00. The van der Waals surface area contributed by atoms with Gasteiger partial charge in [0.25, 0.3) is 0 Å². The van der Waals surface area contributed by atoms with Crippen LogP contribution in [0.5, 0.6) is 28.7 Å². The molecule has 0 spiro atoms. The van der Waals surface area contributed by atoms with Crippen molar-refractivity contribution < 1.29 is 30.3 Å². The first-order valence-corrected chi connectivity index (χ1v) is 7.37. The third-order valence-electron chi connectivity index (χ3n) is 3.51. The molecular weight excluding hydrogens is 300 g/mol. The predicted octanol–water partition coefficient (Wildman–Crippen LogP) is 2.57. The van der Waals surface area contributed by atoms with E-state index in [2.05, 4.69) is 0 Å². The molecule has 0 saturated carbocycles. The van der Waals surface area contributed by atoms with Crippen LogP contribution in [0.1, 0.15) is 31.1 Å². The van der Waals surface area contributed by atoms with Gasteiger partial charge in [-0.05, 0) is 17.7 Å². The van der Waals surface area contributed by atoms with E-state index in [4.69, 9.17) is 4.74 Å². The topological polar surface area (TPSA) is 110 Å². The number of aliphatic hydroxyl groups excluding tert-OH is 1. The number of aliphatic hydroxyl groups is 1. The van der Waals surface area contributed by atoms with Gasteiger partial charge in [0.05, 0.1) is 6.10 Å². The maximum Gasteiger partial charge on any atom is 0.157 e. The third-order valence-corrected chi connectivity index (χ3v) is 3.51. The Labute approximate surface area is 133 Å². The number of phenols is 4. The number of hydrogen-bond acceptors (Lipinski definition) is 6. The summed E-state index contributed by atoms with van der Waals surface area (Å²) in [7, 11) is 0. The van der Waals surface area contributed by atoms with E-state index in [0.29, 0.717) is 11.1 Å². The van der Waals surface area contributed by atoms with Gasteiger partial charge < -0.3 is 30.3 Å². The molecule has 6 heteroatoms. The van der Waals surface area contributed by atoms with E-state index in [1.165, 1.54) is 30.3 Å². The third kappa shape index (κ3) is 3.27. The average molecular weight is 320 g/mol. The van der Waals surface area contributed by atoms with Gasteiger partial charge in [-0.25, -0.2) is 0 Å². The molecule has 0 fully saturated rings. The van der Waals surface area contributed by atoms with Crippen LogP contribution in [0, 0.1) is 0 Å². The molecule has 0 saturated heterocycles. The Balaban J connectivity index is 0.000000924. The van der Waals surface area contributed by atoms with Crippen LogP contribution in [0.3, 0.4) is 0 Å². The zero-order chi connectivity index (χ0) is 17.1. The van der Waals surface area contributed by atoms with Crippen molar-refractivity contribution in [2.24, 2.45) is 0 Å². The second kappa shape index (κ2) is 6.66. The predicted molar refractivity (Wildman–Crippen MR) is 84.0 cm³/mol. The zero-order valence-corrected chi connectivity index (χ0v) is 12.9. The van der Waals surface area contributed by atoms with Gasteiger partial charge in [-0.2, -0.15) is 0 Å². The van der Waals surface area contributed by atoms with E-state index < -0.39 is 12.2 Å². The molecule has 3 rings (SSSR count). The Morgan fingerprint density at radius 1 is 0.913 bits per heavy atom. The number of phenolic OH excluding ortho intramolecular Hbond substituents is 4. The maximum atomic E-state index is 10.2. The molecule has 0 amide bonds. The summed E-state index contributed by atoms with van der Waals surface area (Å²) in [6.45, 7) is 4.00. The normalized spacial score (nSPS) is 19.1. The highest BCUT2D eigenvalue weighted by atomic mass is 16.5. The van der Waals surface area contributed by atoms with Crippen LogP contribution in [0.15, 0.2) is 30.3 Å². The lowest BCUT2D eigenvalue weighted by Crippen LogP contribution is -2.30. The second-order valence-electron chi connectivity index (χ2n) is 5.00. The summed E-state index contributed by atoms with van der Waals surface area (Å²) in [5.74, 6) is -0.589. The van der Waals surface area contributed by atoms with Gasteiger partial charge in [0.15, 0.2) is 11.5 Å². The van der Waals surface area contributed by atoms with Crippen molar-refractivity contribution in [3.8, 4) is 28.7 Å². The number of rotatable bonds is 1. The van der Waals surface area contributed by atoms with Crippen LogP contribution < -0.4 is 4.74 Å². The first-order chi connectivity index (χ1) is 11.0. The molecule has 124 valence electrons. The Morgan fingerprint density at radius 3 is 2.26 bits per heavy atom. The fourth-order valence-corrected chi connectivity index (χ4v) is 2.47. The SMILES string of the molecule is CC.Oc1cc(O)c2c(c1)OC(c1ccc(O)c(O)c1)C(O)C2. The fraction of sp³-hybridized carbons (Fsp3) is 0.294. The minimum atomic E-state index is -0.933. The summed E-state index contributed by atoms with van der Waals surface area (Å²) in [4.78, 5) is 0. The molecule has 2 aromatic rings. The molecule has 2 unspecified atom stereocenters. The van der Waals surface area contributed by atoms with Crippen LogP contribution in [-0.4, -0.2) is 31.6 Å². The van der Waals surface area contributed by atoms with E-state index in [9.17, 15) is 25.5 Å². The first-order valence-electron chi connectivity index (χ1n) is 7.37. The van der Waals surface area contributed by atoms with Crippen LogP contribution >= 0.6 is 0 Å². The zero-order valence-electron chi connectivity index (χ0n) is 12.9. The van der Waals surface area contributed by atoms with Gasteiger partial charge in [0, 0.05) is 24.1 Å². The van der Waals surface area contributed by atoms with Crippen molar-refractivity contribution in [2.45, 2.75) is 32.5 Å². The molecule has 0 aromatic heterocycles. The van der Waals surface area contributed by atoms with Gasteiger partial charge >= 0.3 is 0 Å². The van der Waals surface area contributed by atoms with E-state index in [1.807, 2.05) is 13.8 Å². The van der Waals surface area contributed by atoms with Crippen molar-refractivity contribution in [1.29, 1.82) is 0 Å². The van der Waals surface area contributed by atoms with E-state index >= 15 is 0 Å². The van der Waals surface area contributed by atoms with Crippen molar-refractivity contribution in [1.82, 2.24) is 0 Å². The summed E-state index contributed by atoms with van der Waals surface area (Å²) < 4.78 is 5.62. The molecule has 23 heavy (non-hydrogen) atoms. The van der Waals surface area contributed by atoms with E-state index in [-0.39, 0.29) is 35.2 Å². The molecule has 1 heterocycles. The fourth-order valence-electron chi connectivity index (χ4n) is 2.47. The minimum absolute atomic E-state index is 0.143. The first kappa shape index (κ1) is 16.8. The lowest BCUT2D eigenvalue weighted by molar-refractivity contribution is 0.0197. The van der Waals surface area contributed by atoms with Crippen LogP contribution in [0.4, 0.5) is 0 Å². The Kier molecular flexibility index (Phi) is 4.86. The van der Waals surface area contributed by atoms with Crippen LogP contribution in [0.25, 0.3) is 0 Å². The van der Waals surface area contributed by atoms with Gasteiger partial charge in [-0.1, -0.05) is 19.9 Å². The smallest absolute Gasteiger partial charge is 0.157 e. The summed E-state index contributed by atoms with van der Waals surface area (Å²) in [6.07, 6.45) is -1.56. The van der Waals surface area contributed by atoms with Crippen molar-refractivity contribution in [2.75, 3.05) is 0 Å². The molecule has 6 nitrogen and oxygen atoms in total. The molecule has 0 bridgehead atoms. The highest BCUT2D eigenvalue weighted by Gasteiger charge is 2.32. The number of benzene rings is 2. The van der Waals surface area contributed by atoms with Crippen molar-refractivity contribution in [3.63, 3.8) is 0 Å². The number of hydrogen-bond donors (Lipinski definition) is 5. The molecule has 2 aromatic carbocycles. The number of aromatic hydroxyl groups is 4.